The summed E-state index contributed by atoms with van der Waals surface area (Å²) in [7, 11) is -0.147. The van der Waals surface area contributed by atoms with Gasteiger partial charge >= 0.3 is 0 Å². The van der Waals surface area contributed by atoms with Gasteiger partial charge in [-0.2, -0.15) is 0 Å². The smallest absolute Gasteiger partial charge is 0.233 e. The van der Waals surface area contributed by atoms with E-state index in [-0.39, 0.29) is 0 Å². The van der Waals surface area contributed by atoms with Gasteiger partial charge in [0.2, 0.25) is 12.2 Å². The van der Waals surface area contributed by atoms with Gasteiger partial charge in [-0.05, 0) is 42.0 Å². The van der Waals surface area contributed by atoms with Gasteiger partial charge in [0.15, 0.2) is 0 Å². The molecule has 0 aliphatic heterocycles. The number of aromatic nitrogens is 1. The predicted octanol–water partition coefficient (Wildman–Crippen LogP) is 5.56. The number of benzene rings is 4. The molecule has 32 heavy (non-hydrogen) atoms. The summed E-state index contributed by atoms with van der Waals surface area (Å²) in [4.78, 5) is 1.02. The average Bonchev–Trinajstić information content (AvgIpc) is 3.24. The Morgan fingerprint density at radius 1 is 0.594 bits per heavy atom. The van der Waals surface area contributed by atoms with Crippen LogP contribution in [-0.2, 0) is 7.05 Å². The third kappa shape index (κ3) is 3.75. The molecule has 0 bridgehead atoms. The fourth-order valence-electron chi connectivity index (χ4n) is 4.01. The van der Waals surface area contributed by atoms with Crippen molar-refractivity contribution in [2.75, 3.05) is 0 Å². The molecule has 0 spiro atoms. The topological polar surface area (TPSA) is 17.3 Å². The standard InChI is InChI=1S/C28H24N2PS/c1-30-27(23-14-6-2-7-15-23)22-32-28(30)29-31(24-16-8-3-9-17-24,25-18-10-4-11-19-25)26-20-12-5-13-21-26/h2-22H,1H3/q+1/b29-28-. The molecule has 2 nitrogen and oxygen atoms in total. The minimum Gasteiger partial charge on any atom is -0.317 e. The van der Waals surface area contributed by atoms with Crippen molar-refractivity contribution in [3.63, 3.8) is 0 Å². The lowest BCUT2D eigenvalue weighted by atomic mass is 10.2. The Bertz CT molecular complexity index is 1260. The maximum Gasteiger partial charge on any atom is 0.233 e. The lowest BCUT2D eigenvalue weighted by molar-refractivity contribution is 0.890. The van der Waals surface area contributed by atoms with Crippen molar-refractivity contribution < 1.29 is 0 Å². The molecule has 5 rings (SSSR count). The van der Waals surface area contributed by atoms with Crippen LogP contribution in [0.5, 0.6) is 0 Å². The monoisotopic (exact) mass is 451 g/mol. The first-order chi connectivity index (χ1) is 15.8. The van der Waals surface area contributed by atoms with E-state index >= 15 is 0 Å². The second-order valence-electron chi connectivity index (χ2n) is 7.57. The molecule has 5 aromatic rings. The SMILES string of the molecule is Cn1c(-c2ccccc2)cs/c1=N\[P+](c1ccccc1)(c1ccccc1)c1ccccc1. The molecule has 0 amide bonds. The predicted molar refractivity (Wildman–Crippen MR) is 139 cm³/mol. The second-order valence-corrected chi connectivity index (χ2v) is 11.4. The maximum absolute atomic E-state index is 5.64. The van der Waals surface area contributed by atoms with Crippen molar-refractivity contribution in [2.45, 2.75) is 0 Å². The Balaban J connectivity index is 1.83. The minimum atomic E-state index is -2.27. The Morgan fingerprint density at radius 3 is 1.44 bits per heavy atom. The quantitative estimate of drug-likeness (QED) is 0.311. The first-order valence-electron chi connectivity index (χ1n) is 10.6. The maximum atomic E-state index is 5.64. The summed E-state index contributed by atoms with van der Waals surface area (Å²) in [5.74, 6) is 0. The van der Waals surface area contributed by atoms with E-state index in [1.165, 1.54) is 27.2 Å². The molecule has 0 radical (unpaired) electrons. The Hall–Kier alpha value is -3.26. The number of hydrogen-bond donors (Lipinski definition) is 0. The number of thiazole rings is 1. The van der Waals surface area contributed by atoms with Crippen LogP contribution < -0.4 is 20.7 Å². The summed E-state index contributed by atoms with van der Waals surface area (Å²) in [6.07, 6.45) is 0. The van der Waals surface area contributed by atoms with Gasteiger partial charge in [-0.15, -0.1) is 11.3 Å². The van der Waals surface area contributed by atoms with Crippen LogP contribution in [0.25, 0.3) is 11.3 Å². The Kier molecular flexibility index (Phi) is 5.85. The highest BCUT2D eigenvalue weighted by Gasteiger charge is 2.46. The Morgan fingerprint density at radius 2 is 1.00 bits per heavy atom. The molecule has 0 saturated carbocycles. The number of hydrogen-bond acceptors (Lipinski definition) is 2. The minimum absolute atomic E-state index is 1.02. The lowest BCUT2D eigenvalue weighted by Crippen LogP contribution is -2.31. The van der Waals surface area contributed by atoms with Crippen LogP contribution in [0.3, 0.4) is 0 Å². The van der Waals surface area contributed by atoms with E-state index in [0.29, 0.717) is 0 Å². The third-order valence-electron chi connectivity index (χ3n) is 5.62. The third-order valence-corrected chi connectivity index (χ3v) is 10.3. The van der Waals surface area contributed by atoms with E-state index in [4.69, 9.17) is 4.76 Å². The second kappa shape index (κ2) is 9.08. The fraction of sp³-hybridized carbons (Fsp3) is 0.0357. The summed E-state index contributed by atoms with van der Waals surface area (Å²) in [6.45, 7) is 0. The van der Waals surface area contributed by atoms with Gasteiger partial charge in [0.05, 0.1) is 5.69 Å². The number of nitrogens with zero attached hydrogens (tertiary/aromatic N) is 2. The van der Waals surface area contributed by atoms with Crippen LogP contribution >= 0.6 is 18.7 Å². The largest absolute Gasteiger partial charge is 0.317 e. The molecule has 0 N–H and O–H groups in total. The lowest BCUT2D eigenvalue weighted by Gasteiger charge is -2.21. The molecule has 4 heteroatoms. The van der Waals surface area contributed by atoms with E-state index < -0.39 is 7.41 Å². The van der Waals surface area contributed by atoms with Crippen LogP contribution in [0.4, 0.5) is 0 Å². The van der Waals surface area contributed by atoms with E-state index in [9.17, 15) is 0 Å². The van der Waals surface area contributed by atoms with Crippen LogP contribution in [0.15, 0.2) is 131 Å². The van der Waals surface area contributed by atoms with Gasteiger partial charge in [0, 0.05) is 12.4 Å². The molecule has 0 aliphatic carbocycles. The van der Waals surface area contributed by atoms with Crippen molar-refractivity contribution in [1.82, 2.24) is 4.57 Å². The van der Waals surface area contributed by atoms with Crippen molar-refractivity contribution in [2.24, 2.45) is 11.8 Å². The molecule has 0 saturated heterocycles. The summed E-state index contributed by atoms with van der Waals surface area (Å²) in [6, 6.07) is 42.8. The number of rotatable bonds is 5. The van der Waals surface area contributed by atoms with Crippen LogP contribution in [0.1, 0.15) is 0 Å². The van der Waals surface area contributed by atoms with Crippen molar-refractivity contribution in [3.05, 3.63) is 132 Å². The van der Waals surface area contributed by atoms with E-state index in [2.05, 4.69) is 138 Å². The summed E-state index contributed by atoms with van der Waals surface area (Å²) >= 11 is 1.71. The molecule has 1 heterocycles. The molecule has 0 fully saturated rings. The highest BCUT2D eigenvalue weighted by atomic mass is 32.1. The van der Waals surface area contributed by atoms with E-state index in [1.54, 1.807) is 11.3 Å². The first-order valence-corrected chi connectivity index (χ1v) is 13.2. The zero-order valence-electron chi connectivity index (χ0n) is 17.9. The van der Waals surface area contributed by atoms with Gasteiger partial charge < -0.3 is 4.57 Å². The summed E-state index contributed by atoms with van der Waals surface area (Å²) < 4.78 is 7.86. The Labute approximate surface area is 193 Å². The molecule has 0 atom stereocenters. The highest BCUT2D eigenvalue weighted by Crippen LogP contribution is 2.56. The van der Waals surface area contributed by atoms with Crippen molar-refractivity contribution in [1.29, 1.82) is 0 Å². The van der Waals surface area contributed by atoms with Gasteiger partial charge in [0.1, 0.15) is 15.9 Å². The van der Waals surface area contributed by atoms with E-state index in [0.717, 1.165) is 4.80 Å². The normalized spacial score (nSPS) is 12.1. The summed E-state index contributed by atoms with van der Waals surface area (Å²) in [5, 5.41) is 5.98. The van der Waals surface area contributed by atoms with Gasteiger partial charge in [-0.1, -0.05) is 89.7 Å². The molecule has 156 valence electrons. The summed E-state index contributed by atoms with van der Waals surface area (Å²) in [5.41, 5.74) is 2.39. The zero-order chi connectivity index (χ0) is 21.8. The zero-order valence-corrected chi connectivity index (χ0v) is 19.6. The van der Waals surface area contributed by atoms with Crippen LogP contribution in [-0.4, -0.2) is 4.57 Å². The molecule has 4 aromatic carbocycles. The van der Waals surface area contributed by atoms with Gasteiger partial charge in [-0.25, -0.2) is 0 Å². The fourth-order valence-corrected chi connectivity index (χ4v) is 8.78. The molecule has 1 aromatic heterocycles. The van der Waals surface area contributed by atoms with Gasteiger partial charge in [-0.3, -0.25) is 0 Å². The van der Waals surface area contributed by atoms with Crippen molar-refractivity contribution in [3.8, 4) is 11.3 Å². The van der Waals surface area contributed by atoms with Gasteiger partial charge in [0.25, 0.3) is 0 Å². The molecule has 0 aliphatic rings. The van der Waals surface area contributed by atoms with Crippen LogP contribution in [0, 0.1) is 0 Å². The first kappa shape index (κ1) is 20.6. The van der Waals surface area contributed by atoms with E-state index in [1.807, 2.05) is 0 Å². The molecular weight excluding hydrogens is 427 g/mol. The molecular formula is C28H24N2PS+. The average molecular weight is 452 g/mol. The van der Waals surface area contributed by atoms with Crippen LogP contribution in [0.2, 0.25) is 0 Å². The molecule has 0 unspecified atom stereocenters. The highest BCUT2D eigenvalue weighted by molar-refractivity contribution is 7.94. The van der Waals surface area contributed by atoms with Crippen molar-refractivity contribution >= 4 is 34.7 Å².